The van der Waals surface area contributed by atoms with Gasteiger partial charge in [-0.25, -0.2) is 14.4 Å². The van der Waals surface area contributed by atoms with Gasteiger partial charge in [-0.3, -0.25) is 9.78 Å². The third-order valence-electron chi connectivity index (χ3n) is 5.44. The lowest BCUT2D eigenvalue weighted by Crippen LogP contribution is -2.24. The molecule has 0 saturated carbocycles. The highest BCUT2D eigenvalue weighted by Gasteiger charge is 2.26. The first kappa shape index (κ1) is 19.4. The van der Waals surface area contributed by atoms with Gasteiger partial charge in [-0.15, -0.1) is 0 Å². The minimum absolute atomic E-state index is 0.0261. The second-order valence-corrected chi connectivity index (χ2v) is 7.80. The Morgan fingerprint density at radius 2 is 2.03 bits per heavy atom. The Morgan fingerprint density at radius 3 is 2.81 bits per heavy atom. The zero-order valence-electron chi connectivity index (χ0n) is 17.1. The smallest absolute Gasteiger partial charge is 0.257 e. The van der Waals surface area contributed by atoms with Crippen molar-refractivity contribution in [2.75, 3.05) is 18.4 Å². The molecular weight excluding hydrogens is 399 g/mol. The van der Waals surface area contributed by atoms with Crippen molar-refractivity contribution in [1.82, 2.24) is 24.7 Å². The van der Waals surface area contributed by atoms with Crippen LogP contribution in [0.4, 0.5) is 10.1 Å². The molecule has 9 heteroatoms. The van der Waals surface area contributed by atoms with Crippen LogP contribution in [0.25, 0.3) is 16.7 Å². The van der Waals surface area contributed by atoms with E-state index in [0.29, 0.717) is 39.6 Å². The summed E-state index contributed by atoms with van der Waals surface area (Å²) in [6.07, 6.45) is 6.44. The molecule has 2 atom stereocenters. The normalized spacial score (nSPS) is 18.5. The molecule has 1 amide bonds. The summed E-state index contributed by atoms with van der Waals surface area (Å²) < 4.78 is 22.1. The molecule has 31 heavy (non-hydrogen) atoms. The molecule has 1 aliphatic rings. The SMILES string of the molecule is Cc1cn2cc(NC(=O)c3ccc(O[C@@H]4CNC[C@@H]4C)c4nccnc34)cc(F)c2n1. The number of imidazole rings is 1. The molecule has 1 aromatic carbocycles. The Morgan fingerprint density at radius 1 is 1.23 bits per heavy atom. The third-order valence-corrected chi connectivity index (χ3v) is 5.44. The highest BCUT2D eigenvalue weighted by atomic mass is 19.1. The lowest BCUT2D eigenvalue weighted by Gasteiger charge is -2.18. The minimum Gasteiger partial charge on any atom is -0.486 e. The van der Waals surface area contributed by atoms with Crippen LogP contribution in [0.1, 0.15) is 23.0 Å². The van der Waals surface area contributed by atoms with Crippen molar-refractivity contribution in [3.63, 3.8) is 0 Å². The largest absolute Gasteiger partial charge is 0.486 e. The van der Waals surface area contributed by atoms with Crippen molar-refractivity contribution in [3.05, 3.63) is 60.1 Å². The van der Waals surface area contributed by atoms with E-state index in [1.807, 2.05) is 0 Å². The van der Waals surface area contributed by atoms with Crippen LogP contribution < -0.4 is 15.4 Å². The Hall–Kier alpha value is -3.59. The molecule has 4 heterocycles. The first-order valence-electron chi connectivity index (χ1n) is 10.1. The molecule has 0 unspecified atom stereocenters. The Balaban J connectivity index is 1.47. The summed E-state index contributed by atoms with van der Waals surface area (Å²) in [5.41, 5.74) is 2.48. The van der Waals surface area contributed by atoms with Gasteiger partial charge < -0.3 is 19.8 Å². The van der Waals surface area contributed by atoms with E-state index in [9.17, 15) is 9.18 Å². The number of aryl methyl sites for hydroxylation is 1. The fraction of sp³-hybridized carbons (Fsp3) is 0.273. The molecular formula is C22H21FN6O2. The van der Waals surface area contributed by atoms with E-state index < -0.39 is 11.7 Å². The number of benzene rings is 1. The van der Waals surface area contributed by atoms with Crippen LogP contribution in [0.15, 0.2) is 43.0 Å². The van der Waals surface area contributed by atoms with Crippen LogP contribution in [0.2, 0.25) is 0 Å². The average Bonchev–Trinajstić information content (AvgIpc) is 3.33. The maximum absolute atomic E-state index is 14.4. The van der Waals surface area contributed by atoms with Gasteiger partial charge in [0.2, 0.25) is 0 Å². The van der Waals surface area contributed by atoms with Crippen molar-refractivity contribution < 1.29 is 13.9 Å². The standard InChI is InChI=1S/C22H21FN6O2/c1-12-8-24-9-18(12)31-17-4-3-15(19-20(17)26-6-5-25-19)22(30)28-14-7-16(23)21-27-13(2)10-29(21)11-14/h3-7,10-12,18,24H,8-9H2,1-2H3,(H,28,30)/t12-,18+/m0/s1. The van der Waals surface area contributed by atoms with Crippen LogP contribution in [0.5, 0.6) is 5.75 Å². The van der Waals surface area contributed by atoms with E-state index in [1.54, 1.807) is 42.0 Å². The third kappa shape index (κ3) is 3.57. The van der Waals surface area contributed by atoms with Crippen LogP contribution >= 0.6 is 0 Å². The van der Waals surface area contributed by atoms with Crippen molar-refractivity contribution in [2.45, 2.75) is 20.0 Å². The fourth-order valence-electron chi connectivity index (χ4n) is 3.86. The van der Waals surface area contributed by atoms with Gasteiger partial charge in [0.25, 0.3) is 5.91 Å². The number of hydrogen-bond acceptors (Lipinski definition) is 6. The Kier molecular flexibility index (Phi) is 4.74. The molecule has 0 aliphatic carbocycles. The fourth-order valence-corrected chi connectivity index (χ4v) is 3.86. The second kappa shape index (κ2) is 7.59. The lowest BCUT2D eigenvalue weighted by molar-refractivity contribution is 0.102. The van der Waals surface area contributed by atoms with Crippen molar-refractivity contribution >= 4 is 28.3 Å². The monoisotopic (exact) mass is 420 g/mol. The molecule has 1 saturated heterocycles. The molecule has 1 fully saturated rings. The van der Waals surface area contributed by atoms with Crippen molar-refractivity contribution in [1.29, 1.82) is 0 Å². The molecule has 2 N–H and O–H groups in total. The van der Waals surface area contributed by atoms with Crippen LogP contribution in [0.3, 0.4) is 0 Å². The number of ether oxygens (including phenoxy) is 1. The molecule has 0 bridgehead atoms. The number of halogens is 1. The number of nitrogens with zero attached hydrogens (tertiary/aromatic N) is 4. The van der Waals surface area contributed by atoms with E-state index in [-0.39, 0.29) is 11.8 Å². The van der Waals surface area contributed by atoms with E-state index in [2.05, 4.69) is 32.5 Å². The predicted octanol–water partition coefficient (Wildman–Crippen LogP) is 2.96. The first-order chi connectivity index (χ1) is 15.0. The van der Waals surface area contributed by atoms with Gasteiger partial charge in [-0.2, -0.15) is 0 Å². The second-order valence-electron chi connectivity index (χ2n) is 7.80. The zero-order chi connectivity index (χ0) is 21.5. The molecule has 158 valence electrons. The molecule has 3 aromatic heterocycles. The van der Waals surface area contributed by atoms with Crippen molar-refractivity contribution in [2.24, 2.45) is 5.92 Å². The summed E-state index contributed by atoms with van der Waals surface area (Å²) in [4.78, 5) is 25.9. The molecule has 0 spiro atoms. The molecule has 0 radical (unpaired) electrons. The number of carbonyl (C=O) groups excluding carboxylic acids is 1. The lowest BCUT2D eigenvalue weighted by atomic mass is 10.1. The van der Waals surface area contributed by atoms with Gasteiger partial charge in [0.15, 0.2) is 11.5 Å². The van der Waals surface area contributed by atoms with E-state index in [4.69, 9.17) is 4.74 Å². The Labute approximate surface area is 177 Å². The number of aromatic nitrogens is 4. The van der Waals surface area contributed by atoms with Gasteiger partial charge in [-0.1, -0.05) is 6.92 Å². The highest BCUT2D eigenvalue weighted by molar-refractivity contribution is 6.12. The van der Waals surface area contributed by atoms with E-state index in [1.165, 1.54) is 12.3 Å². The zero-order valence-corrected chi connectivity index (χ0v) is 17.1. The number of pyridine rings is 1. The topological polar surface area (TPSA) is 93.4 Å². The van der Waals surface area contributed by atoms with Gasteiger partial charge in [0.05, 0.1) is 16.9 Å². The summed E-state index contributed by atoms with van der Waals surface area (Å²) >= 11 is 0. The number of anilines is 1. The van der Waals surface area contributed by atoms with Crippen LogP contribution in [0, 0.1) is 18.7 Å². The number of fused-ring (bicyclic) bond motifs is 2. The van der Waals surface area contributed by atoms with Crippen molar-refractivity contribution in [3.8, 4) is 5.75 Å². The number of amides is 1. The van der Waals surface area contributed by atoms with Gasteiger partial charge >= 0.3 is 0 Å². The summed E-state index contributed by atoms with van der Waals surface area (Å²) in [7, 11) is 0. The Bertz CT molecular complexity index is 1300. The quantitative estimate of drug-likeness (QED) is 0.527. The molecule has 5 rings (SSSR count). The molecule has 4 aromatic rings. The van der Waals surface area contributed by atoms with Gasteiger partial charge in [0, 0.05) is 49.9 Å². The highest BCUT2D eigenvalue weighted by Crippen LogP contribution is 2.28. The maximum atomic E-state index is 14.4. The van der Waals surface area contributed by atoms with Gasteiger partial charge in [-0.05, 0) is 19.1 Å². The summed E-state index contributed by atoms with van der Waals surface area (Å²) in [6.45, 7) is 5.55. The minimum atomic E-state index is -0.515. The number of rotatable bonds is 4. The molecule has 8 nitrogen and oxygen atoms in total. The predicted molar refractivity (Wildman–Crippen MR) is 114 cm³/mol. The average molecular weight is 420 g/mol. The summed E-state index contributed by atoms with van der Waals surface area (Å²) in [6, 6.07) is 4.64. The summed E-state index contributed by atoms with van der Waals surface area (Å²) in [5.74, 6) is 0.0232. The number of carbonyl (C=O) groups is 1. The number of nitrogens with one attached hydrogen (secondary N) is 2. The maximum Gasteiger partial charge on any atom is 0.257 e. The first-order valence-corrected chi connectivity index (χ1v) is 10.1. The van der Waals surface area contributed by atoms with Crippen LogP contribution in [-0.4, -0.2) is 44.5 Å². The van der Waals surface area contributed by atoms with E-state index in [0.717, 1.165) is 13.1 Å². The van der Waals surface area contributed by atoms with Gasteiger partial charge in [0.1, 0.15) is 22.9 Å². The number of hydrogen-bond donors (Lipinski definition) is 2. The summed E-state index contributed by atoms with van der Waals surface area (Å²) in [5, 5.41) is 6.05. The molecule has 1 aliphatic heterocycles. The van der Waals surface area contributed by atoms with E-state index >= 15 is 0 Å². The van der Waals surface area contributed by atoms with Crippen LogP contribution in [-0.2, 0) is 0 Å².